The van der Waals surface area contributed by atoms with Crippen molar-refractivity contribution in [1.29, 1.82) is 0 Å². The van der Waals surface area contributed by atoms with E-state index in [-0.39, 0.29) is 18.1 Å². The first-order valence-electron chi connectivity index (χ1n) is 8.73. The Labute approximate surface area is 147 Å². The molecule has 1 N–H and O–H groups in total. The number of hydrogen-bond donors (Lipinski definition) is 1. The van der Waals surface area contributed by atoms with Crippen molar-refractivity contribution >= 4 is 32.6 Å². The van der Waals surface area contributed by atoms with Crippen molar-refractivity contribution in [3.05, 3.63) is 24.3 Å². The zero-order valence-corrected chi connectivity index (χ0v) is 15.1. The SMILES string of the molecule is CCO[C@@H](CC)C(=O)NC1CCN(c2nc3ccccc3s2)CC1. The highest BCUT2D eigenvalue weighted by molar-refractivity contribution is 7.22. The van der Waals surface area contributed by atoms with Crippen LogP contribution in [0, 0.1) is 0 Å². The summed E-state index contributed by atoms with van der Waals surface area (Å²) in [5, 5.41) is 4.23. The predicted octanol–water partition coefficient (Wildman–Crippen LogP) is 3.20. The molecule has 0 spiro atoms. The Balaban J connectivity index is 1.54. The van der Waals surface area contributed by atoms with Gasteiger partial charge < -0.3 is 15.0 Å². The van der Waals surface area contributed by atoms with Crippen LogP contribution in [0.2, 0.25) is 0 Å². The van der Waals surface area contributed by atoms with Crippen molar-refractivity contribution in [2.24, 2.45) is 0 Å². The molecular weight excluding hydrogens is 322 g/mol. The molecule has 24 heavy (non-hydrogen) atoms. The van der Waals surface area contributed by atoms with Crippen molar-refractivity contribution in [3.8, 4) is 0 Å². The van der Waals surface area contributed by atoms with Gasteiger partial charge in [-0.05, 0) is 38.3 Å². The van der Waals surface area contributed by atoms with E-state index >= 15 is 0 Å². The molecule has 1 fully saturated rings. The second-order valence-electron chi connectivity index (χ2n) is 6.09. The van der Waals surface area contributed by atoms with E-state index in [9.17, 15) is 4.79 Å². The summed E-state index contributed by atoms with van der Waals surface area (Å²) in [5.74, 6) is 0.0257. The van der Waals surface area contributed by atoms with Crippen molar-refractivity contribution in [2.75, 3.05) is 24.6 Å². The molecule has 0 saturated carbocycles. The number of fused-ring (bicyclic) bond motifs is 1. The van der Waals surface area contributed by atoms with Gasteiger partial charge in [0.05, 0.1) is 10.2 Å². The van der Waals surface area contributed by atoms with Gasteiger partial charge in [0.1, 0.15) is 6.10 Å². The third kappa shape index (κ3) is 3.87. The molecular formula is C18H25N3O2S. The van der Waals surface area contributed by atoms with Gasteiger partial charge in [-0.1, -0.05) is 30.4 Å². The lowest BCUT2D eigenvalue weighted by Crippen LogP contribution is -2.48. The summed E-state index contributed by atoms with van der Waals surface area (Å²) in [6, 6.07) is 8.48. The number of carbonyl (C=O) groups excluding carboxylic acids is 1. The van der Waals surface area contributed by atoms with Crippen LogP contribution < -0.4 is 10.2 Å². The molecule has 1 atom stereocenters. The highest BCUT2D eigenvalue weighted by Gasteiger charge is 2.25. The van der Waals surface area contributed by atoms with Crippen LogP contribution in [0.25, 0.3) is 10.2 Å². The van der Waals surface area contributed by atoms with Crippen molar-refractivity contribution < 1.29 is 9.53 Å². The maximum absolute atomic E-state index is 12.2. The van der Waals surface area contributed by atoms with E-state index in [1.807, 2.05) is 19.9 Å². The van der Waals surface area contributed by atoms with Gasteiger partial charge in [-0.3, -0.25) is 4.79 Å². The third-order valence-electron chi connectivity index (χ3n) is 4.43. The highest BCUT2D eigenvalue weighted by Crippen LogP contribution is 2.30. The minimum atomic E-state index is -0.322. The van der Waals surface area contributed by atoms with Crippen LogP contribution in [0.3, 0.4) is 0 Å². The first-order valence-corrected chi connectivity index (χ1v) is 9.55. The van der Waals surface area contributed by atoms with Gasteiger partial charge in [-0.2, -0.15) is 0 Å². The van der Waals surface area contributed by atoms with Crippen LogP contribution >= 0.6 is 11.3 Å². The quantitative estimate of drug-likeness (QED) is 0.872. The van der Waals surface area contributed by atoms with E-state index in [2.05, 4.69) is 28.4 Å². The summed E-state index contributed by atoms with van der Waals surface area (Å²) in [4.78, 5) is 19.3. The van der Waals surface area contributed by atoms with Gasteiger partial charge in [0.15, 0.2) is 5.13 Å². The average molecular weight is 347 g/mol. The summed E-state index contributed by atoms with van der Waals surface area (Å²) >= 11 is 1.74. The topological polar surface area (TPSA) is 54.5 Å². The normalized spacial score (nSPS) is 17.2. The zero-order chi connectivity index (χ0) is 16.9. The molecule has 6 heteroatoms. The lowest BCUT2D eigenvalue weighted by atomic mass is 10.0. The molecule has 1 aliphatic heterocycles. The number of piperidine rings is 1. The number of hydrogen-bond acceptors (Lipinski definition) is 5. The molecule has 0 unspecified atom stereocenters. The molecule has 0 radical (unpaired) electrons. The molecule has 130 valence electrons. The number of amides is 1. The first kappa shape index (κ1) is 17.2. The molecule has 1 saturated heterocycles. The van der Waals surface area contributed by atoms with Crippen LogP contribution in [0.1, 0.15) is 33.1 Å². The van der Waals surface area contributed by atoms with Gasteiger partial charge in [-0.25, -0.2) is 4.98 Å². The molecule has 2 heterocycles. The maximum atomic E-state index is 12.2. The summed E-state index contributed by atoms with van der Waals surface area (Å²) in [6.07, 6.45) is 2.29. The fourth-order valence-electron chi connectivity index (χ4n) is 3.08. The molecule has 1 aromatic carbocycles. The second-order valence-corrected chi connectivity index (χ2v) is 7.10. The predicted molar refractivity (Wildman–Crippen MR) is 98.7 cm³/mol. The number of para-hydroxylation sites is 1. The van der Waals surface area contributed by atoms with E-state index < -0.39 is 0 Å². The largest absolute Gasteiger partial charge is 0.369 e. The summed E-state index contributed by atoms with van der Waals surface area (Å²) in [5.41, 5.74) is 1.07. The highest BCUT2D eigenvalue weighted by atomic mass is 32.1. The third-order valence-corrected chi connectivity index (χ3v) is 5.52. The van der Waals surface area contributed by atoms with Crippen molar-refractivity contribution in [1.82, 2.24) is 10.3 Å². The number of nitrogens with zero attached hydrogens (tertiary/aromatic N) is 2. The molecule has 1 amide bonds. The fourth-order valence-corrected chi connectivity index (χ4v) is 4.10. The van der Waals surface area contributed by atoms with E-state index in [4.69, 9.17) is 9.72 Å². The molecule has 3 rings (SSSR count). The molecule has 2 aromatic rings. The minimum Gasteiger partial charge on any atom is -0.369 e. The number of rotatable bonds is 6. The van der Waals surface area contributed by atoms with Crippen LogP contribution in [0.15, 0.2) is 24.3 Å². The molecule has 1 aliphatic rings. The smallest absolute Gasteiger partial charge is 0.249 e. The summed E-state index contributed by atoms with van der Waals surface area (Å²) < 4.78 is 6.72. The standard InChI is InChI=1S/C18H25N3O2S/c1-3-15(23-4-2)17(22)19-13-9-11-21(12-10-13)18-20-14-7-5-6-8-16(14)24-18/h5-8,13,15H,3-4,9-12H2,1-2H3,(H,19,22)/t15-/m0/s1. The average Bonchev–Trinajstić information content (AvgIpc) is 3.04. The fraction of sp³-hybridized carbons (Fsp3) is 0.556. The van der Waals surface area contributed by atoms with Crippen LogP contribution in [-0.4, -0.2) is 42.7 Å². The Kier molecular flexibility index (Phi) is 5.68. The minimum absolute atomic E-state index is 0.0257. The molecule has 0 aliphatic carbocycles. The molecule has 0 bridgehead atoms. The van der Waals surface area contributed by atoms with Crippen LogP contribution in [-0.2, 0) is 9.53 Å². The van der Waals surface area contributed by atoms with Gasteiger partial charge in [0.2, 0.25) is 5.91 Å². The number of ether oxygens (including phenoxy) is 1. The number of benzene rings is 1. The summed E-state index contributed by atoms with van der Waals surface area (Å²) in [6.45, 7) is 6.33. The Hall–Kier alpha value is -1.66. The first-order chi connectivity index (χ1) is 11.7. The Morgan fingerprint density at radius 2 is 2.12 bits per heavy atom. The Bertz CT molecular complexity index is 647. The summed E-state index contributed by atoms with van der Waals surface area (Å²) in [7, 11) is 0. The van der Waals surface area contributed by atoms with E-state index in [1.54, 1.807) is 11.3 Å². The van der Waals surface area contributed by atoms with E-state index in [0.29, 0.717) is 13.0 Å². The van der Waals surface area contributed by atoms with Gasteiger partial charge in [0.25, 0.3) is 0 Å². The zero-order valence-electron chi connectivity index (χ0n) is 14.3. The van der Waals surface area contributed by atoms with Crippen molar-refractivity contribution in [3.63, 3.8) is 0 Å². The van der Waals surface area contributed by atoms with E-state index in [0.717, 1.165) is 36.6 Å². The van der Waals surface area contributed by atoms with Gasteiger partial charge in [-0.15, -0.1) is 0 Å². The van der Waals surface area contributed by atoms with E-state index in [1.165, 1.54) is 4.70 Å². The number of carbonyl (C=O) groups is 1. The van der Waals surface area contributed by atoms with Crippen LogP contribution in [0.4, 0.5) is 5.13 Å². The van der Waals surface area contributed by atoms with Crippen molar-refractivity contribution in [2.45, 2.75) is 45.3 Å². The van der Waals surface area contributed by atoms with Gasteiger partial charge in [0, 0.05) is 25.7 Å². The number of aromatic nitrogens is 1. The maximum Gasteiger partial charge on any atom is 0.249 e. The Morgan fingerprint density at radius 3 is 2.79 bits per heavy atom. The molecule has 5 nitrogen and oxygen atoms in total. The van der Waals surface area contributed by atoms with Crippen LogP contribution in [0.5, 0.6) is 0 Å². The lowest BCUT2D eigenvalue weighted by Gasteiger charge is -2.32. The monoisotopic (exact) mass is 347 g/mol. The lowest BCUT2D eigenvalue weighted by molar-refractivity contribution is -0.133. The second kappa shape index (κ2) is 7.94. The molecule has 1 aromatic heterocycles. The number of anilines is 1. The number of thiazole rings is 1. The Morgan fingerprint density at radius 1 is 1.38 bits per heavy atom. The number of nitrogens with one attached hydrogen (secondary N) is 1. The van der Waals surface area contributed by atoms with Gasteiger partial charge >= 0.3 is 0 Å².